The zero-order chi connectivity index (χ0) is 10.2. The van der Waals surface area contributed by atoms with Gasteiger partial charge in [-0.05, 0) is 25.7 Å². The van der Waals surface area contributed by atoms with Crippen LogP contribution in [0.1, 0.15) is 38.5 Å². The van der Waals surface area contributed by atoms with Crippen LogP contribution >= 0.6 is 0 Å². The third kappa shape index (κ3) is 4.51. The van der Waals surface area contributed by atoms with Crippen LogP contribution in [0, 0.1) is 11.8 Å². The Morgan fingerprint density at radius 3 is 2.36 bits per heavy atom. The summed E-state index contributed by atoms with van der Waals surface area (Å²) in [7, 11) is 0. The standard InChI is InChI=1S/C10H15N3O/c11-10(14)13-12-9-7-5-3-1-2-4-6-8-9/h3-8H2,(H3,11,13,14). The molecule has 14 heavy (non-hydrogen) atoms. The molecule has 0 bridgehead atoms. The normalized spacial score (nSPS) is 16.7. The summed E-state index contributed by atoms with van der Waals surface area (Å²) < 4.78 is 0. The summed E-state index contributed by atoms with van der Waals surface area (Å²) >= 11 is 0. The molecule has 0 atom stereocenters. The lowest BCUT2D eigenvalue weighted by molar-refractivity contribution is 0.249. The number of hydrogen-bond acceptors (Lipinski definition) is 2. The second-order valence-electron chi connectivity index (χ2n) is 3.21. The van der Waals surface area contributed by atoms with Crippen molar-refractivity contribution < 1.29 is 4.79 Å². The van der Waals surface area contributed by atoms with E-state index in [4.69, 9.17) is 5.73 Å². The van der Waals surface area contributed by atoms with Gasteiger partial charge in [0.15, 0.2) is 0 Å². The predicted molar refractivity (Wildman–Crippen MR) is 55.6 cm³/mol. The molecular formula is C10H15N3O. The number of nitrogens with one attached hydrogen (secondary N) is 1. The summed E-state index contributed by atoms with van der Waals surface area (Å²) in [6.45, 7) is 0. The maximum absolute atomic E-state index is 10.4. The third-order valence-electron chi connectivity index (χ3n) is 1.98. The number of hydrazone groups is 1. The van der Waals surface area contributed by atoms with Gasteiger partial charge in [0.05, 0.1) is 0 Å². The van der Waals surface area contributed by atoms with Crippen LogP contribution in [-0.2, 0) is 0 Å². The summed E-state index contributed by atoms with van der Waals surface area (Å²) in [5, 5.41) is 3.96. The highest BCUT2D eigenvalue weighted by atomic mass is 16.2. The first-order valence-corrected chi connectivity index (χ1v) is 4.85. The Balaban J connectivity index is 2.43. The van der Waals surface area contributed by atoms with Crippen LogP contribution in [0.4, 0.5) is 4.79 Å². The van der Waals surface area contributed by atoms with Crippen LogP contribution in [0.15, 0.2) is 5.10 Å². The highest BCUT2D eigenvalue weighted by Crippen LogP contribution is 2.07. The van der Waals surface area contributed by atoms with Gasteiger partial charge in [-0.25, -0.2) is 10.2 Å². The maximum atomic E-state index is 10.4. The largest absolute Gasteiger partial charge is 0.350 e. The lowest BCUT2D eigenvalue weighted by Gasteiger charge is -2.03. The Bertz CT molecular complexity index is 269. The molecule has 0 spiro atoms. The number of rotatable bonds is 1. The van der Waals surface area contributed by atoms with Crippen LogP contribution < -0.4 is 11.2 Å². The van der Waals surface area contributed by atoms with E-state index in [2.05, 4.69) is 22.4 Å². The molecule has 76 valence electrons. The molecule has 0 radical (unpaired) electrons. The van der Waals surface area contributed by atoms with Crippen molar-refractivity contribution in [2.45, 2.75) is 38.5 Å². The number of nitrogens with zero attached hydrogens (tertiary/aromatic N) is 1. The first-order chi connectivity index (χ1) is 6.79. The molecule has 1 aliphatic carbocycles. The fourth-order valence-electron chi connectivity index (χ4n) is 1.31. The molecule has 0 aromatic carbocycles. The number of primary amides is 1. The minimum absolute atomic E-state index is 0.603. The topological polar surface area (TPSA) is 67.5 Å². The van der Waals surface area contributed by atoms with Gasteiger partial charge < -0.3 is 5.73 Å². The summed E-state index contributed by atoms with van der Waals surface area (Å²) in [6.07, 6.45) is 5.63. The van der Waals surface area contributed by atoms with Gasteiger partial charge in [0.2, 0.25) is 0 Å². The number of carbonyl (C=O) groups is 1. The molecule has 0 heterocycles. The van der Waals surface area contributed by atoms with Crippen LogP contribution in [0.5, 0.6) is 0 Å². The van der Waals surface area contributed by atoms with Crippen molar-refractivity contribution in [1.29, 1.82) is 0 Å². The number of urea groups is 1. The number of amides is 2. The van der Waals surface area contributed by atoms with E-state index in [0.29, 0.717) is 0 Å². The highest BCUT2D eigenvalue weighted by Gasteiger charge is 2.01. The zero-order valence-electron chi connectivity index (χ0n) is 8.18. The fourth-order valence-corrected chi connectivity index (χ4v) is 1.31. The van der Waals surface area contributed by atoms with Crippen molar-refractivity contribution in [3.05, 3.63) is 0 Å². The Hall–Kier alpha value is -1.50. The Morgan fingerprint density at radius 1 is 1.29 bits per heavy atom. The molecule has 1 aliphatic rings. The minimum Gasteiger partial charge on any atom is -0.350 e. The molecule has 4 heteroatoms. The molecule has 2 amide bonds. The van der Waals surface area contributed by atoms with E-state index in [1.165, 1.54) is 0 Å². The van der Waals surface area contributed by atoms with Gasteiger partial charge in [-0.1, -0.05) is 0 Å². The van der Waals surface area contributed by atoms with E-state index in [0.717, 1.165) is 44.2 Å². The molecule has 0 aliphatic heterocycles. The second-order valence-corrected chi connectivity index (χ2v) is 3.21. The maximum Gasteiger partial charge on any atom is 0.332 e. The molecule has 3 N–H and O–H groups in total. The van der Waals surface area contributed by atoms with Crippen molar-refractivity contribution in [3.63, 3.8) is 0 Å². The molecule has 0 aromatic heterocycles. The summed E-state index contributed by atoms with van der Waals surface area (Å²) in [5.41, 5.74) is 8.21. The number of nitrogens with two attached hydrogens (primary N) is 1. The van der Waals surface area contributed by atoms with Gasteiger partial charge in [-0.2, -0.15) is 5.10 Å². The summed E-state index contributed by atoms with van der Waals surface area (Å²) in [4.78, 5) is 10.4. The Morgan fingerprint density at radius 2 is 1.86 bits per heavy atom. The number of carbonyl (C=O) groups excluding carboxylic acids is 1. The molecule has 0 saturated carbocycles. The van der Waals surface area contributed by atoms with Crippen molar-refractivity contribution in [2.75, 3.05) is 0 Å². The van der Waals surface area contributed by atoms with Gasteiger partial charge in [0.25, 0.3) is 0 Å². The molecule has 0 aromatic rings. The molecule has 0 saturated heterocycles. The van der Waals surface area contributed by atoms with Gasteiger partial charge >= 0.3 is 6.03 Å². The smallest absolute Gasteiger partial charge is 0.332 e. The van der Waals surface area contributed by atoms with Crippen molar-refractivity contribution in [2.24, 2.45) is 10.8 Å². The van der Waals surface area contributed by atoms with Gasteiger partial charge in [-0.15, -0.1) is 11.8 Å². The minimum atomic E-state index is -0.603. The van der Waals surface area contributed by atoms with E-state index in [1.54, 1.807) is 0 Å². The van der Waals surface area contributed by atoms with Gasteiger partial charge in [0, 0.05) is 18.6 Å². The number of hydrogen-bond donors (Lipinski definition) is 2. The van der Waals surface area contributed by atoms with Crippen molar-refractivity contribution in [1.82, 2.24) is 5.43 Å². The average molecular weight is 193 g/mol. The van der Waals surface area contributed by atoms with Crippen LogP contribution in [0.2, 0.25) is 0 Å². The monoisotopic (exact) mass is 193 g/mol. The molecular weight excluding hydrogens is 178 g/mol. The third-order valence-corrected chi connectivity index (χ3v) is 1.98. The van der Waals surface area contributed by atoms with Crippen LogP contribution in [-0.4, -0.2) is 11.7 Å². The van der Waals surface area contributed by atoms with Gasteiger partial charge in [0.1, 0.15) is 0 Å². The highest BCUT2D eigenvalue weighted by molar-refractivity contribution is 5.85. The van der Waals surface area contributed by atoms with E-state index in [9.17, 15) is 4.79 Å². The van der Waals surface area contributed by atoms with Crippen LogP contribution in [0.3, 0.4) is 0 Å². The first-order valence-electron chi connectivity index (χ1n) is 4.85. The van der Waals surface area contributed by atoms with E-state index < -0.39 is 6.03 Å². The first kappa shape index (κ1) is 10.6. The zero-order valence-corrected chi connectivity index (χ0v) is 8.18. The summed E-state index contributed by atoms with van der Waals surface area (Å²) in [6, 6.07) is -0.603. The molecule has 1 rings (SSSR count). The summed E-state index contributed by atoms with van der Waals surface area (Å²) in [5.74, 6) is 6.19. The molecule has 0 unspecified atom stereocenters. The lowest BCUT2D eigenvalue weighted by atomic mass is 10.1. The Kier molecular flexibility index (Phi) is 4.56. The quantitative estimate of drug-likeness (QED) is 0.479. The second kappa shape index (κ2) is 6.03. The van der Waals surface area contributed by atoms with E-state index in [1.807, 2.05) is 0 Å². The van der Waals surface area contributed by atoms with Crippen LogP contribution in [0.25, 0.3) is 0 Å². The molecule has 0 fully saturated rings. The van der Waals surface area contributed by atoms with E-state index in [-0.39, 0.29) is 0 Å². The van der Waals surface area contributed by atoms with E-state index >= 15 is 0 Å². The fraction of sp³-hybridized carbons (Fsp3) is 0.600. The molecule has 4 nitrogen and oxygen atoms in total. The SMILES string of the molecule is NC(=O)NN=C1CCCC#CCCC1. The van der Waals surface area contributed by atoms with Gasteiger partial charge in [-0.3, -0.25) is 0 Å². The average Bonchev–Trinajstić information content (AvgIpc) is 2.27. The van der Waals surface area contributed by atoms with Crippen molar-refractivity contribution in [3.8, 4) is 11.8 Å². The lowest BCUT2D eigenvalue weighted by Crippen LogP contribution is -2.25. The Labute approximate surface area is 83.9 Å². The predicted octanol–water partition coefficient (Wildman–Crippen LogP) is 1.37. The van der Waals surface area contributed by atoms with Crippen molar-refractivity contribution >= 4 is 11.7 Å².